The minimum Gasteiger partial charge on any atom is -0.465 e. The molecule has 1 aliphatic rings. The van der Waals surface area contributed by atoms with Crippen molar-refractivity contribution in [2.24, 2.45) is 0 Å². The third-order valence-electron chi connectivity index (χ3n) is 4.24. The van der Waals surface area contributed by atoms with Crippen LogP contribution in [0.3, 0.4) is 0 Å². The van der Waals surface area contributed by atoms with Gasteiger partial charge in [-0.15, -0.1) is 34.0 Å². The molecule has 1 atom stereocenters. The molecule has 0 aliphatic carbocycles. The zero-order valence-corrected chi connectivity index (χ0v) is 15.9. The Bertz CT molecular complexity index is 910. The molecule has 3 aromatic rings. The van der Waals surface area contributed by atoms with E-state index in [1.54, 1.807) is 34.8 Å². The van der Waals surface area contributed by atoms with Gasteiger partial charge in [-0.3, -0.25) is 4.79 Å². The van der Waals surface area contributed by atoms with Crippen molar-refractivity contribution in [2.45, 2.75) is 12.5 Å². The molecule has 7 heteroatoms. The highest BCUT2D eigenvalue weighted by Gasteiger charge is 2.34. The molecule has 0 spiro atoms. The molecule has 0 N–H and O–H groups in total. The minimum absolute atomic E-state index is 0.0320. The van der Waals surface area contributed by atoms with Crippen LogP contribution in [0.2, 0.25) is 0 Å². The first-order chi connectivity index (χ1) is 12.2. The molecule has 128 valence electrons. The van der Waals surface area contributed by atoms with E-state index < -0.39 is 5.97 Å². The van der Waals surface area contributed by atoms with Crippen molar-refractivity contribution >= 4 is 45.9 Å². The quantitative estimate of drug-likeness (QED) is 0.622. The van der Waals surface area contributed by atoms with Crippen LogP contribution in [0.1, 0.15) is 40.7 Å². The molecular formula is C18H15NO3S3. The first kappa shape index (κ1) is 16.5. The molecule has 0 bridgehead atoms. The number of methoxy groups -OCH3 is 1. The van der Waals surface area contributed by atoms with Crippen LogP contribution in [0.25, 0.3) is 0 Å². The lowest BCUT2D eigenvalue weighted by Gasteiger charge is -2.35. The first-order valence-electron chi connectivity index (χ1n) is 7.78. The Morgan fingerprint density at radius 2 is 1.96 bits per heavy atom. The number of hydrogen-bond acceptors (Lipinski definition) is 6. The molecule has 0 unspecified atom stereocenters. The average Bonchev–Trinajstić information content (AvgIpc) is 3.40. The normalized spacial score (nSPS) is 16.5. The predicted molar refractivity (Wildman–Crippen MR) is 101 cm³/mol. The molecule has 4 rings (SSSR count). The summed E-state index contributed by atoms with van der Waals surface area (Å²) in [5.41, 5.74) is 1.22. The fraction of sp³-hybridized carbons (Fsp3) is 0.222. The highest BCUT2D eigenvalue weighted by Crippen LogP contribution is 2.40. The zero-order valence-electron chi connectivity index (χ0n) is 13.4. The lowest BCUT2D eigenvalue weighted by molar-refractivity contribution is 0.0606. The smallest absolute Gasteiger partial charge is 0.348 e. The number of esters is 1. The zero-order chi connectivity index (χ0) is 17.4. The van der Waals surface area contributed by atoms with E-state index in [9.17, 15) is 9.59 Å². The minimum atomic E-state index is -0.405. The summed E-state index contributed by atoms with van der Waals surface area (Å²) in [6.07, 6.45) is 0.871. The molecule has 0 aromatic carbocycles. The average molecular weight is 390 g/mol. The van der Waals surface area contributed by atoms with Gasteiger partial charge in [-0.25, -0.2) is 4.79 Å². The van der Waals surface area contributed by atoms with Gasteiger partial charge >= 0.3 is 5.97 Å². The van der Waals surface area contributed by atoms with Gasteiger partial charge in [-0.2, -0.15) is 0 Å². The largest absolute Gasteiger partial charge is 0.465 e. The van der Waals surface area contributed by atoms with Crippen LogP contribution in [-0.4, -0.2) is 30.4 Å². The molecule has 0 saturated carbocycles. The summed E-state index contributed by atoms with van der Waals surface area (Å²) in [4.78, 5) is 30.3. The monoisotopic (exact) mass is 389 g/mol. The summed E-state index contributed by atoms with van der Waals surface area (Å²) in [6, 6.07) is 9.54. The third kappa shape index (κ3) is 2.92. The number of amides is 1. The van der Waals surface area contributed by atoms with Crippen molar-refractivity contribution in [3.05, 3.63) is 66.2 Å². The standard InChI is InChI=1S/C18H15NO3S3/c1-22-18(21)15-5-4-14(25-15)17(20)19-8-6-12-11(7-10-24-12)16(19)13-3-2-9-23-13/h2-5,7,9-10,16H,6,8H2,1H3/t16-/m0/s1. The van der Waals surface area contributed by atoms with Crippen LogP contribution in [0, 0.1) is 0 Å². The topological polar surface area (TPSA) is 46.6 Å². The van der Waals surface area contributed by atoms with Crippen LogP contribution in [0.4, 0.5) is 0 Å². The molecule has 0 radical (unpaired) electrons. The van der Waals surface area contributed by atoms with Gasteiger partial charge in [-0.05, 0) is 47.0 Å². The van der Waals surface area contributed by atoms with Gasteiger partial charge < -0.3 is 9.64 Å². The van der Waals surface area contributed by atoms with Crippen molar-refractivity contribution in [2.75, 3.05) is 13.7 Å². The van der Waals surface area contributed by atoms with Gasteiger partial charge in [-0.1, -0.05) is 6.07 Å². The number of hydrogen-bond donors (Lipinski definition) is 0. The Kier molecular flexibility index (Phi) is 4.45. The van der Waals surface area contributed by atoms with E-state index in [1.807, 2.05) is 16.3 Å². The van der Waals surface area contributed by atoms with Crippen LogP contribution in [-0.2, 0) is 11.2 Å². The van der Waals surface area contributed by atoms with E-state index in [0.717, 1.165) is 11.3 Å². The fourth-order valence-corrected chi connectivity index (χ4v) is 5.73. The van der Waals surface area contributed by atoms with Gasteiger partial charge in [0.2, 0.25) is 0 Å². The summed E-state index contributed by atoms with van der Waals surface area (Å²) >= 11 is 4.61. The summed E-state index contributed by atoms with van der Waals surface area (Å²) < 4.78 is 4.74. The summed E-state index contributed by atoms with van der Waals surface area (Å²) in [6.45, 7) is 0.681. The molecule has 4 nitrogen and oxygen atoms in total. The number of nitrogens with zero attached hydrogens (tertiary/aromatic N) is 1. The number of ether oxygens (including phenoxy) is 1. The van der Waals surface area contributed by atoms with Gasteiger partial charge in [0, 0.05) is 16.3 Å². The van der Waals surface area contributed by atoms with Gasteiger partial charge in [0.05, 0.1) is 18.0 Å². The van der Waals surface area contributed by atoms with Crippen LogP contribution < -0.4 is 0 Å². The van der Waals surface area contributed by atoms with E-state index >= 15 is 0 Å². The lowest BCUT2D eigenvalue weighted by Crippen LogP contribution is -2.39. The predicted octanol–water partition coefficient (Wildman–Crippen LogP) is 4.45. The Labute approximate surface area is 157 Å². The summed E-state index contributed by atoms with van der Waals surface area (Å²) in [7, 11) is 1.35. The molecule has 1 amide bonds. The third-order valence-corrected chi connectivity index (χ3v) is 7.22. The van der Waals surface area contributed by atoms with Crippen LogP contribution >= 0.6 is 34.0 Å². The van der Waals surface area contributed by atoms with E-state index in [-0.39, 0.29) is 11.9 Å². The molecule has 0 fully saturated rings. The number of rotatable bonds is 3. The Morgan fingerprint density at radius 3 is 2.72 bits per heavy atom. The second-order valence-electron chi connectivity index (χ2n) is 5.62. The molecular weight excluding hydrogens is 374 g/mol. The lowest BCUT2D eigenvalue weighted by atomic mass is 9.98. The van der Waals surface area contributed by atoms with E-state index in [1.165, 1.54) is 28.9 Å². The maximum atomic E-state index is 13.2. The summed E-state index contributed by atoms with van der Waals surface area (Å²) in [5.74, 6) is -0.437. The number of thiophene rings is 3. The molecule has 25 heavy (non-hydrogen) atoms. The SMILES string of the molecule is COC(=O)c1ccc(C(=O)N2CCc3sccc3[C@H]2c2cccs2)s1. The van der Waals surface area contributed by atoms with Crippen molar-refractivity contribution in [1.82, 2.24) is 4.90 Å². The van der Waals surface area contributed by atoms with Gasteiger partial charge in [0.1, 0.15) is 4.88 Å². The summed E-state index contributed by atoms with van der Waals surface area (Å²) in [5, 5.41) is 4.14. The Hall–Kier alpha value is -1.96. The van der Waals surface area contributed by atoms with Crippen molar-refractivity contribution in [3.63, 3.8) is 0 Å². The highest BCUT2D eigenvalue weighted by atomic mass is 32.1. The van der Waals surface area contributed by atoms with Crippen LogP contribution in [0.5, 0.6) is 0 Å². The van der Waals surface area contributed by atoms with Gasteiger partial charge in [0.25, 0.3) is 5.91 Å². The maximum absolute atomic E-state index is 13.2. The van der Waals surface area contributed by atoms with Crippen LogP contribution in [0.15, 0.2) is 41.1 Å². The van der Waals surface area contributed by atoms with Crippen molar-refractivity contribution in [1.29, 1.82) is 0 Å². The highest BCUT2D eigenvalue weighted by molar-refractivity contribution is 7.15. The second-order valence-corrected chi connectivity index (χ2v) is 8.68. The first-order valence-corrected chi connectivity index (χ1v) is 10.4. The molecule has 1 aliphatic heterocycles. The fourth-order valence-electron chi connectivity index (χ4n) is 3.09. The maximum Gasteiger partial charge on any atom is 0.348 e. The molecule has 0 saturated heterocycles. The van der Waals surface area contributed by atoms with Gasteiger partial charge in [0.15, 0.2) is 0 Å². The molecule has 4 heterocycles. The number of fused-ring (bicyclic) bond motifs is 1. The second kappa shape index (κ2) is 6.74. The van der Waals surface area contributed by atoms with Crippen molar-refractivity contribution in [3.8, 4) is 0 Å². The number of carbonyl (C=O) groups excluding carboxylic acids is 2. The van der Waals surface area contributed by atoms with Crippen molar-refractivity contribution < 1.29 is 14.3 Å². The van der Waals surface area contributed by atoms with E-state index in [2.05, 4.69) is 17.5 Å². The number of carbonyl (C=O) groups is 2. The van der Waals surface area contributed by atoms with E-state index in [0.29, 0.717) is 16.3 Å². The van der Waals surface area contributed by atoms with E-state index in [4.69, 9.17) is 4.74 Å². The Balaban J connectivity index is 1.70. The molecule has 3 aromatic heterocycles. The Morgan fingerprint density at radius 1 is 1.12 bits per heavy atom.